The van der Waals surface area contributed by atoms with Crippen LogP contribution in [0, 0.1) is 0 Å². The molecule has 94 valence electrons. The summed E-state index contributed by atoms with van der Waals surface area (Å²) in [4.78, 5) is 0. The molecule has 0 radical (unpaired) electrons. The normalized spacial score (nSPS) is 10.5. The summed E-state index contributed by atoms with van der Waals surface area (Å²) in [5.41, 5.74) is 0. The van der Waals surface area contributed by atoms with Crippen molar-refractivity contribution in [3.63, 3.8) is 0 Å². The fraction of sp³-hybridized carbons (Fsp3) is 1.00. The van der Waals surface area contributed by atoms with Crippen molar-refractivity contribution in [2.24, 2.45) is 0 Å². The van der Waals surface area contributed by atoms with Crippen LogP contribution in [0.25, 0.3) is 0 Å². The van der Waals surface area contributed by atoms with Crippen molar-refractivity contribution < 1.29 is 26.7 Å². The quantitative estimate of drug-likeness (QED) is 0.637. The van der Waals surface area contributed by atoms with E-state index in [1.165, 1.54) is 0 Å². The maximum atomic E-state index is 11.3. The zero-order chi connectivity index (χ0) is 9.49. The first-order valence-electron chi connectivity index (χ1n) is 2.60. The molecule has 0 spiro atoms. The van der Waals surface area contributed by atoms with E-state index in [0.29, 0.717) is 7.18 Å². The lowest BCUT2D eigenvalue weighted by molar-refractivity contribution is -0.223. The highest BCUT2D eigenvalue weighted by molar-refractivity contribution is 4.58. The van der Waals surface area contributed by atoms with Crippen LogP contribution in [-0.4, -0.2) is 26.3 Å². The van der Waals surface area contributed by atoms with Crippen LogP contribution in [-0.2, 0) is 4.74 Å². The molecule has 1 nitrogen and oxygen atoms in total. The third kappa shape index (κ3) is 17.6. The molecule has 0 bridgehead atoms. The van der Waals surface area contributed by atoms with Crippen LogP contribution in [0.4, 0.5) is 22.0 Å². The first-order valence-corrected chi connectivity index (χ1v) is 2.60. The topological polar surface area (TPSA) is 9.23 Å². The fourth-order valence-corrected chi connectivity index (χ4v) is 0.189. The van der Waals surface area contributed by atoms with Crippen molar-refractivity contribution in [2.45, 2.75) is 41.5 Å². The summed E-state index contributed by atoms with van der Waals surface area (Å²) in [6.07, 6.45) is -6.46. The SMILES string of the molecule is C.C.C.CC(OCF)C(F)(F)F.CF. The second kappa shape index (κ2) is 15.1. The Morgan fingerprint density at radius 2 is 1.36 bits per heavy atom. The molecule has 0 aromatic heterocycles. The van der Waals surface area contributed by atoms with Crippen molar-refractivity contribution in [1.29, 1.82) is 0 Å². The Balaban J connectivity index is -0.0000000505. The predicted octanol–water partition coefficient (Wildman–Crippen LogP) is 4.37. The molecule has 14 heavy (non-hydrogen) atoms. The first kappa shape index (κ1) is 29.2. The van der Waals surface area contributed by atoms with E-state index in [9.17, 15) is 22.0 Å². The Morgan fingerprint density at radius 3 is 1.43 bits per heavy atom. The Labute approximate surface area is 83.3 Å². The standard InChI is InChI=1S/C4H6F4O.CH3F.3CH4/c1-3(9-2-5)4(6,7)8;1-2;;;/h3H,2H2,1H3;1H3;3*1H4. The molecule has 0 N–H and O–H groups in total. The zero-order valence-electron chi connectivity index (χ0n) is 6.08. The minimum atomic E-state index is -4.45. The van der Waals surface area contributed by atoms with Gasteiger partial charge in [-0.15, -0.1) is 0 Å². The van der Waals surface area contributed by atoms with E-state index >= 15 is 0 Å². The fourth-order valence-electron chi connectivity index (χ4n) is 0.189. The second-order valence-corrected chi connectivity index (χ2v) is 1.46. The Bertz CT molecular complexity index is 84.3. The van der Waals surface area contributed by atoms with Crippen molar-refractivity contribution in [3.8, 4) is 0 Å². The molecule has 0 saturated heterocycles. The highest BCUT2D eigenvalue weighted by Crippen LogP contribution is 2.21. The van der Waals surface area contributed by atoms with Crippen molar-refractivity contribution >= 4 is 0 Å². The van der Waals surface area contributed by atoms with Crippen LogP contribution in [0.1, 0.15) is 29.2 Å². The molecule has 0 amide bonds. The number of hydrogen-bond acceptors (Lipinski definition) is 1. The minimum Gasteiger partial charge on any atom is -0.338 e. The molecule has 0 fully saturated rings. The molecule has 0 aliphatic carbocycles. The van der Waals surface area contributed by atoms with Gasteiger partial charge < -0.3 is 4.74 Å². The van der Waals surface area contributed by atoms with Gasteiger partial charge in [-0.1, -0.05) is 22.3 Å². The molecule has 0 aromatic rings. The van der Waals surface area contributed by atoms with Crippen molar-refractivity contribution in [1.82, 2.24) is 0 Å². The average molecular weight is 228 g/mol. The third-order valence-corrected chi connectivity index (χ3v) is 0.774. The van der Waals surface area contributed by atoms with Gasteiger partial charge in [0.25, 0.3) is 0 Å². The highest BCUT2D eigenvalue weighted by atomic mass is 19.4. The third-order valence-electron chi connectivity index (χ3n) is 0.774. The summed E-state index contributed by atoms with van der Waals surface area (Å²) in [6, 6.07) is 0. The minimum absolute atomic E-state index is 0. The molecule has 0 heterocycles. The molecule has 0 rings (SSSR count). The van der Waals surface area contributed by atoms with Gasteiger partial charge in [-0.3, -0.25) is 4.39 Å². The van der Waals surface area contributed by atoms with Crippen molar-refractivity contribution in [3.05, 3.63) is 0 Å². The largest absolute Gasteiger partial charge is 0.414 e. The lowest BCUT2D eigenvalue weighted by atomic mass is 10.4. The Morgan fingerprint density at radius 1 is 1.07 bits per heavy atom. The van der Waals surface area contributed by atoms with E-state index in [4.69, 9.17) is 0 Å². The average Bonchev–Trinajstić information content (AvgIpc) is 1.91. The van der Waals surface area contributed by atoms with Gasteiger partial charge in [-0.2, -0.15) is 13.2 Å². The molecule has 1 atom stereocenters. The van der Waals surface area contributed by atoms with E-state index in [1.54, 1.807) is 0 Å². The van der Waals surface area contributed by atoms with Crippen LogP contribution < -0.4 is 0 Å². The summed E-state index contributed by atoms with van der Waals surface area (Å²) < 4.78 is 58.2. The van der Waals surface area contributed by atoms with E-state index in [0.717, 1.165) is 6.92 Å². The van der Waals surface area contributed by atoms with E-state index in [-0.39, 0.29) is 22.3 Å². The van der Waals surface area contributed by atoms with Gasteiger partial charge in [0.05, 0.1) is 7.18 Å². The van der Waals surface area contributed by atoms with Gasteiger partial charge in [0.1, 0.15) is 0 Å². The molecule has 0 aliphatic heterocycles. The maximum absolute atomic E-state index is 11.3. The lowest BCUT2D eigenvalue weighted by Crippen LogP contribution is -2.28. The van der Waals surface area contributed by atoms with Gasteiger partial charge >= 0.3 is 6.18 Å². The number of rotatable bonds is 2. The summed E-state index contributed by atoms with van der Waals surface area (Å²) in [5.74, 6) is 0. The first-order chi connectivity index (χ1) is 4.98. The number of alkyl halides is 5. The van der Waals surface area contributed by atoms with Crippen LogP contribution in [0.5, 0.6) is 0 Å². The monoisotopic (exact) mass is 228 g/mol. The molecule has 0 aliphatic rings. The van der Waals surface area contributed by atoms with Gasteiger partial charge in [0.15, 0.2) is 13.0 Å². The number of hydrogen-bond donors (Lipinski definition) is 0. The summed E-state index contributed by atoms with van der Waals surface area (Å²) in [6.45, 7) is -0.653. The molecular formula is C8H21F5O. The molecule has 1 unspecified atom stereocenters. The molecular weight excluding hydrogens is 207 g/mol. The summed E-state index contributed by atoms with van der Waals surface area (Å²) >= 11 is 0. The summed E-state index contributed by atoms with van der Waals surface area (Å²) in [7, 11) is 0.500. The second-order valence-electron chi connectivity index (χ2n) is 1.46. The Kier molecular flexibility index (Phi) is 31.5. The number of ether oxygens (including phenoxy) is 1. The zero-order valence-corrected chi connectivity index (χ0v) is 6.08. The highest BCUT2D eigenvalue weighted by Gasteiger charge is 2.36. The van der Waals surface area contributed by atoms with Gasteiger partial charge in [-0.25, -0.2) is 4.39 Å². The van der Waals surface area contributed by atoms with E-state index in [2.05, 4.69) is 4.74 Å². The predicted molar refractivity (Wildman–Crippen MR) is 49.8 cm³/mol. The van der Waals surface area contributed by atoms with Gasteiger partial charge in [-0.05, 0) is 6.92 Å². The van der Waals surface area contributed by atoms with E-state index in [1.807, 2.05) is 0 Å². The van der Waals surface area contributed by atoms with Gasteiger partial charge in [0.2, 0.25) is 0 Å². The Hall–Kier alpha value is -0.390. The lowest BCUT2D eigenvalue weighted by Gasteiger charge is -2.13. The van der Waals surface area contributed by atoms with Crippen LogP contribution in [0.2, 0.25) is 0 Å². The molecule has 6 heteroatoms. The van der Waals surface area contributed by atoms with Gasteiger partial charge in [0, 0.05) is 0 Å². The maximum Gasteiger partial charge on any atom is 0.414 e. The van der Waals surface area contributed by atoms with Crippen LogP contribution >= 0.6 is 0 Å². The summed E-state index contributed by atoms with van der Waals surface area (Å²) in [5, 5.41) is 0. The van der Waals surface area contributed by atoms with Crippen LogP contribution in [0.3, 0.4) is 0 Å². The number of halogens is 5. The van der Waals surface area contributed by atoms with Crippen molar-refractivity contribution in [2.75, 3.05) is 14.0 Å². The van der Waals surface area contributed by atoms with Crippen LogP contribution in [0.15, 0.2) is 0 Å². The smallest absolute Gasteiger partial charge is 0.338 e. The molecule has 0 aromatic carbocycles. The molecule has 0 saturated carbocycles. The van der Waals surface area contributed by atoms with E-state index < -0.39 is 19.1 Å².